The molecule has 1 unspecified atom stereocenters. The largest absolute Gasteiger partial charge is 0.497 e. The van der Waals surface area contributed by atoms with Crippen molar-refractivity contribution in [2.24, 2.45) is 0 Å². The van der Waals surface area contributed by atoms with Crippen molar-refractivity contribution >= 4 is 11.9 Å². The predicted molar refractivity (Wildman–Crippen MR) is 70.7 cm³/mol. The van der Waals surface area contributed by atoms with Crippen LogP contribution in [0.4, 0.5) is 0 Å². The third-order valence-electron chi connectivity index (χ3n) is 3.15. The van der Waals surface area contributed by atoms with Gasteiger partial charge in [0, 0.05) is 12.1 Å². The standard InChI is InChI=1S/C14H17NO5/c1-18-11-5-3-10(4-6-11)13(16)15-7-8-20-12(9-15)14(17)19-2/h3-6,12H,7-9H2,1-2H3. The van der Waals surface area contributed by atoms with E-state index in [4.69, 9.17) is 9.47 Å². The van der Waals surface area contributed by atoms with Gasteiger partial charge < -0.3 is 19.1 Å². The maximum absolute atomic E-state index is 12.3. The number of morpholine rings is 1. The second kappa shape index (κ2) is 6.38. The van der Waals surface area contributed by atoms with E-state index in [1.54, 1.807) is 36.3 Å². The van der Waals surface area contributed by atoms with Crippen molar-refractivity contribution in [1.82, 2.24) is 4.90 Å². The molecule has 1 aromatic rings. The van der Waals surface area contributed by atoms with Gasteiger partial charge in [-0.25, -0.2) is 4.79 Å². The minimum atomic E-state index is -0.712. The van der Waals surface area contributed by atoms with Crippen LogP contribution in [0.15, 0.2) is 24.3 Å². The molecule has 1 fully saturated rings. The van der Waals surface area contributed by atoms with Crippen LogP contribution in [0.25, 0.3) is 0 Å². The normalized spacial score (nSPS) is 18.5. The first-order valence-electron chi connectivity index (χ1n) is 6.28. The highest BCUT2D eigenvalue weighted by Gasteiger charge is 2.30. The molecule has 1 amide bonds. The van der Waals surface area contributed by atoms with Crippen molar-refractivity contribution in [2.45, 2.75) is 6.10 Å². The quantitative estimate of drug-likeness (QED) is 0.762. The Bertz CT molecular complexity index is 485. The SMILES string of the molecule is COC(=O)C1CN(C(=O)c2ccc(OC)cc2)CCO1. The molecule has 6 nitrogen and oxygen atoms in total. The minimum absolute atomic E-state index is 0.134. The predicted octanol–water partition coefficient (Wildman–Crippen LogP) is 0.709. The maximum atomic E-state index is 12.3. The molecule has 0 N–H and O–H groups in total. The van der Waals surface area contributed by atoms with Crippen LogP contribution >= 0.6 is 0 Å². The molecule has 0 radical (unpaired) electrons. The van der Waals surface area contributed by atoms with Crippen LogP contribution < -0.4 is 4.74 Å². The van der Waals surface area contributed by atoms with E-state index in [0.717, 1.165) is 0 Å². The summed E-state index contributed by atoms with van der Waals surface area (Å²) in [6.45, 7) is 0.984. The maximum Gasteiger partial charge on any atom is 0.336 e. The van der Waals surface area contributed by atoms with Gasteiger partial charge in [0.2, 0.25) is 0 Å². The van der Waals surface area contributed by atoms with Gasteiger partial charge in [0.15, 0.2) is 6.10 Å². The number of hydrogen-bond acceptors (Lipinski definition) is 5. The Morgan fingerprint density at radius 1 is 1.25 bits per heavy atom. The molecule has 0 aliphatic carbocycles. The van der Waals surface area contributed by atoms with Crippen molar-refractivity contribution in [3.63, 3.8) is 0 Å². The lowest BCUT2D eigenvalue weighted by Gasteiger charge is -2.31. The van der Waals surface area contributed by atoms with E-state index in [1.165, 1.54) is 7.11 Å². The van der Waals surface area contributed by atoms with Gasteiger partial charge >= 0.3 is 5.97 Å². The fourth-order valence-electron chi connectivity index (χ4n) is 2.02. The van der Waals surface area contributed by atoms with Gasteiger partial charge in [-0.1, -0.05) is 0 Å². The molecular formula is C14H17NO5. The van der Waals surface area contributed by atoms with Crippen LogP contribution in [0.1, 0.15) is 10.4 Å². The third-order valence-corrected chi connectivity index (χ3v) is 3.15. The molecular weight excluding hydrogens is 262 g/mol. The van der Waals surface area contributed by atoms with Crippen LogP contribution in [0.2, 0.25) is 0 Å². The molecule has 0 spiro atoms. The number of esters is 1. The summed E-state index contributed by atoms with van der Waals surface area (Å²) in [4.78, 5) is 25.4. The van der Waals surface area contributed by atoms with Gasteiger partial charge in [-0.05, 0) is 24.3 Å². The summed E-state index contributed by atoms with van der Waals surface area (Å²) in [5.74, 6) is 0.0954. The molecule has 0 aromatic heterocycles. The second-order valence-electron chi connectivity index (χ2n) is 4.36. The Hall–Kier alpha value is -2.08. The van der Waals surface area contributed by atoms with Crippen LogP contribution in [0.3, 0.4) is 0 Å². The summed E-state index contributed by atoms with van der Waals surface area (Å²) in [5, 5.41) is 0. The van der Waals surface area contributed by atoms with E-state index >= 15 is 0 Å². The monoisotopic (exact) mass is 279 g/mol. The molecule has 1 aliphatic heterocycles. The molecule has 20 heavy (non-hydrogen) atoms. The lowest BCUT2D eigenvalue weighted by molar-refractivity contribution is -0.158. The number of hydrogen-bond donors (Lipinski definition) is 0. The van der Waals surface area contributed by atoms with Crippen molar-refractivity contribution in [1.29, 1.82) is 0 Å². The zero-order chi connectivity index (χ0) is 14.5. The van der Waals surface area contributed by atoms with Crippen LogP contribution in [0.5, 0.6) is 5.75 Å². The summed E-state index contributed by atoms with van der Waals surface area (Å²) in [6.07, 6.45) is -0.712. The highest BCUT2D eigenvalue weighted by atomic mass is 16.6. The van der Waals surface area contributed by atoms with Crippen molar-refractivity contribution < 1.29 is 23.8 Å². The summed E-state index contributed by atoms with van der Waals surface area (Å²) < 4.78 is 15.0. The molecule has 1 heterocycles. The Labute approximate surface area is 117 Å². The summed E-state index contributed by atoms with van der Waals surface area (Å²) >= 11 is 0. The molecule has 0 bridgehead atoms. The minimum Gasteiger partial charge on any atom is -0.497 e. The molecule has 6 heteroatoms. The highest BCUT2D eigenvalue weighted by molar-refractivity contribution is 5.94. The smallest absolute Gasteiger partial charge is 0.336 e. The molecule has 1 aliphatic rings. The average molecular weight is 279 g/mol. The first-order chi connectivity index (χ1) is 9.65. The first kappa shape index (κ1) is 14.3. The molecule has 1 aromatic carbocycles. The molecule has 108 valence electrons. The number of methoxy groups -OCH3 is 2. The Kier molecular flexibility index (Phi) is 4.57. The van der Waals surface area contributed by atoms with Crippen LogP contribution in [0, 0.1) is 0 Å². The van der Waals surface area contributed by atoms with E-state index in [1.807, 2.05) is 0 Å². The Balaban J connectivity index is 2.05. The summed E-state index contributed by atoms with van der Waals surface area (Å²) in [5.41, 5.74) is 0.552. The van der Waals surface area contributed by atoms with Gasteiger partial charge in [0.25, 0.3) is 5.91 Å². The second-order valence-corrected chi connectivity index (χ2v) is 4.36. The topological polar surface area (TPSA) is 65.1 Å². The van der Waals surface area contributed by atoms with Gasteiger partial charge in [0.1, 0.15) is 5.75 Å². The number of amides is 1. The van der Waals surface area contributed by atoms with Crippen molar-refractivity contribution in [3.8, 4) is 5.75 Å². The molecule has 1 saturated heterocycles. The number of nitrogens with zero attached hydrogens (tertiary/aromatic N) is 1. The molecule has 1 atom stereocenters. The van der Waals surface area contributed by atoms with Gasteiger partial charge in [-0.15, -0.1) is 0 Å². The van der Waals surface area contributed by atoms with E-state index in [-0.39, 0.29) is 12.5 Å². The fraction of sp³-hybridized carbons (Fsp3) is 0.429. The molecule has 2 rings (SSSR count). The lowest BCUT2D eigenvalue weighted by Crippen LogP contribution is -2.48. The lowest BCUT2D eigenvalue weighted by atomic mass is 10.1. The van der Waals surface area contributed by atoms with Crippen molar-refractivity contribution in [2.75, 3.05) is 33.9 Å². The van der Waals surface area contributed by atoms with E-state index in [9.17, 15) is 9.59 Å². The van der Waals surface area contributed by atoms with E-state index in [2.05, 4.69) is 4.74 Å². The molecule has 0 saturated carbocycles. The summed E-state index contributed by atoms with van der Waals surface area (Å²) in [6, 6.07) is 6.85. The van der Waals surface area contributed by atoms with Gasteiger partial charge in [-0.2, -0.15) is 0 Å². The van der Waals surface area contributed by atoms with Crippen molar-refractivity contribution in [3.05, 3.63) is 29.8 Å². The average Bonchev–Trinajstić information content (AvgIpc) is 2.53. The summed E-state index contributed by atoms with van der Waals surface area (Å²) in [7, 11) is 2.87. The third kappa shape index (κ3) is 3.08. The first-order valence-corrected chi connectivity index (χ1v) is 6.28. The van der Waals surface area contributed by atoms with E-state index in [0.29, 0.717) is 24.5 Å². The number of carbonyl (C=O) groups excluding carboxylic acids is 2. The van der Waals surface area contributed by atoms with Crippen LogP contribution in [-0.2, 0) is 14.3 Å². The number of benzene rings is 1. The Morgan fingerprint density at radius 2 is 1.95 bits per heavy atom. The van der Waals surface area contributed by atoms with Crippen LogP contribution in [-0.4, -0.2) is 56.8 Å². The van der Waals surface area contributed by atoms with E-state index < -0.39 is 12.1 Å². The highest BCUT2D eigenvalue weighted by Crippen LogP contribution is 2.15. The Morgan fingerprint density at radius 3 is 2.55 bits per heavy atom. The van der Waals surface area contributed by atoms with Gasteiger partial charge in [-0.3, -0.25) is 4.79 Å². The number of rotatable bonds is 3. The number of ether oxygens (including phenoxy) is 3. The zero-order valence-corrected chi connectivity index (χ0v) is 11.5. The van der Waals surface area contributed by atoms with Gasteiger partial charge in [0.05, 0.1) is 27.4 Å². The zero-order valence-electron chi connectivity index (χ0n) is 11.5. The number of carbonyl (C=O) groups is 2. The fourth-order valence-corrected chi connectivity index (χ4v) is 2.02.